The number of hydrogen-bond acceptors (Lipinski definition) is 5. The molecule has 152 valence electrons. The Hall–Kier alpha value is -2.54. The minimum atomic E-state index is -0.0851. The van der Waals surface area contributed by atoms with Gasteiger partial charge in [-0.2, -0.15) is 0 Å². The van der Waals surface area contributed by atoms with Crippen LogP contribution in [0, 0.1) is 5.92 Å². The van der Waals surface area contributed by atoms with E-state index in [1.54, 1.807) is 4.68 Å². The number of fused-ring (bicyclic) bond motifs is 1. The van der Waals surface area contributed by atoms with E-state index < -0.39 is 0 Å². The van der Waals surface area contributed by atoms with E-state index in [9.17, 15) is 4.79 Å². The summed E-state index contributed by atoms with van der Waals surface area (Å²) in [5, 5.41) is 14.1. The van der Waals surface area contributed by atoms with E-state index >= 15 is 0 Å². The minimum Gasteiger partial charge on any atom is -0.336 e. The lowest BCUT2D eigenvalue weighted by Gasteiger charge is -2.20. The molecule has 1 aromatic heterocycles. The summed E-state index contributed by atoms with van der Waals surface area (Å²) in [7, 11) is 0. The average Bonchev–Trinajstić information content (AvgIpc) is 3.11. The lowest BCUT2D eigenvalue weighted by Crippen LogP contribution is -2.18. The Morgan fingerprint density at radius 3 is 2.76 bits per heavy atom. The Morgan fingerprint density at radius 2 is 1.90 bits per heavy atom. The number of aromatic nitrogens is 3. The summed E-state index contributed by atoms with van der Waals surface area (Å²) >= 11 is 1.31. The van der Waals surface area contributed by atoms with E-state index in [2.05, 4.69) is 15.5 Å². The lowest BCUT2D eigenvalue weighted by molar-refractivity contribution is -0.113. The number of benzene rings is 2. The molecule has 4 rings (SSSR count). The van der Waals surface area contributed by atoms with Gasteiger partial charge in [-0.3, -0.25) is 4.79 Å². The highest BCUT2D eigenvalue weighted by atomic mass is 32.2. The van der Waals surface area contributed by atoms with Gasteiger partial charge in [0.05, 0.1) is 5.75 Å². The molecule has 0 saturated heterocycles. The van der Waals surface area contributed by atoms with Crippen molar-refractivity contribution in [3.63, 3.8) is 0 Å². The SMILES string of the molecule is Nn1c(CCC2CCCCC2)nnc1SCC(=O)Nc1cccc2ccccc12. The second kappa shape index (κ2) is 9.31. The van der Waals surface area contributed by atoms with Crippen molar-refractivity contribution in [1.29, 1.82) is 0 Å². The number of nitrogens with two attached hydrogens (primary N) is 1. The highest BCUT2D eigenvalue weighted by Gasteiger charge is 2.17. The zero-order chi connectivity index (χ0) is 20.1. The maximum Gasteiger partial charge on any atom is 0.234 e. The van der Waals surface area contributed by atoms with Gasteiger partial charge in [-0.15, -0.1) is 10.2 Å². The molecular weight excluding hydrogens is 382 g/mol. The number of nitrogens with one attached hydrogen (secondary N) is 1. The van der Waals surface area contributed by atoms with Gasteiger partial charge >= 0.3 is 0 Å². The molecule has 1 aliphatic carbocycles. The van der Waals surface area contributed by atoms with Crippen molar-refractivity contribution in [2.75, 3.05) is 16.9 Å². The Morgan fingerprint density at radius 1 is 1.10 bits per heavy atom. The molecule has 1 saturated carbocycles. The van der Waals surface area contributed by atoms with E-state index in [0.717, 1.165) is 41.0 Å². The number of nitrogens with zero attached hydrogens (tertiary/aromatic N) is 3. The summed E-state index contributed by atoms with van der Waals surface area (Å²) in [6.07, 6.45) is 8.63. The standard InChI is InChI=1S/C22H27N5OS/c23-27-20(14-13-16-7-2-1-3-8-16)25-26-22(27)29-15-21(28)24-19-12-6-10-17-9-4-5-11-18(17)19/h4-6,9-12,16H,1-3,7-8,13-15,23H2,(H,24,28). The normalized spacial score (nSPS) is 14.9. The topological polar surface area (TPSA) is 85.8 Å². The van der Waals surface area contributed by atoms with Crippen molar-refractivity contribution in [2.45, 2.75) is 50.1 Å². The molecule has 3 N–H and O–H groups in total. The molecule has 0 atom stereocenters. The summed E-state index contributed by atoms with van der Waals surface area (Å²) in [5.41, 5.74) is 0.816. The molecule has 0 aliphatic heterocycles. The number of amides is 1. The summed E-state index contributed by atoms with van der Waals surface area (Å²) in [5.74, 6) is 7.90. The van der Waals surface area contributed by atoms with Crippen LogP contribution in [0.2, 0.25) is 0 Å². The fourth-order valence-corrected chi connectivity index (χ4v) is 4.71. The van der Waals surface area contributed by atoms with E-state index in [0.29, 0.717) is 5.16 Å². The van der Waals surface area contributed by atoms with Crippen LogP contribution in [0.3, 0.4) is 0 Å². The Kier molecular flexibility index (Phi) is 6.34. The van der Waals surface area contributed by atoms with Crippen molar-refractivity contribution in [3.05, 3.63) is 48.3 Å². The first-order valence-corrected chi connectivity index (χ1v) is 11.3. The first kappa shape index (κ1) is 19.8. The number of anilines is 1. The van der Waals surface area contributed by atoms with Crippen LogP contribution < -0.4 is 11.2 Å². The highest BCUT2D eigenvalue weighted by molar-refractivity contribution is 7.99. The van der Waals surface area contributed by atoms with Crippen molar-refractivity contribution >= 4 is 34.1 Å². The quantitative estimate of drug-likeness (QED) is 0.446. The minimum absolute atomic E-state index is 0.0851. The van der Waals surface area contributed by atoms with Gasteiger partial charge in [-0.1, -0.05) is 80.3 Å². The predicted molar refractivity (Wildman–Crippen MR) is 118 cm³/mol. The second-order valence-corrected chi connectivity index (χ2v) is 8.62. The van der Waals surface area contributed by atoms with Gasteiger partial charge in [0, 0.05) is 17.5 Å². The summed E-state index contributed by atoms with van der Waals surface area (Å²) in [6, 6.07) is 13.9. The summed E-state index contributed by atoms with van der Waals surface area (Å²) < 4.78 is 1.54. The number of aryl methyl sites for hydroxylation is 1. The summed E-state index contributed by atoms with van der Waals surface area (Å²) in [4.78, 5) is 12.4. The number of rotatable bonds is 7. The van der Waals surface area contributed by atoms with Gasteiger partial charge in [0.2, 0.25) is 11.1 Å². The maximum absolute atomic E-state index is 12.4. The second-order valence-electron chi connectivity index (χ2n) is 7.68. The third-order valence-electron chi connectivity index (χ3n) is 5.63. The maximum atomic E-state index is 12.4. The molecule has 29 heavy (non-hydrogen) atoms. The van der Waals surface area contributed by atoms with Crippen molar-refractivity contribution < 1.29 is 4.79 Å². The van der Waals surface area contributed by atoms with Gasteiger partial charge in [0.25, 0.3) is 0 Å². The molecule has 6 nitrogen and oxygen atoms in total. The fourth-order valence-electron chi connectivity index (χ4n) is 4.04. The Bertz CT molecular complexity index is 975. The fraction of sp³-hybridized carbons (Fsp3) is 0.409. The largest absolute Gasteiger partial charge is 0.336 e. The number of carbonyl (C=O) groups is 1. The van der Waals surface area contributed by atoms with Crippen LogP contribution in [-0.2, 0) is 11.2 Å². The monoisotopic (exact) mass is 409 g/mol. The van der Waals surface area contributed by atoms with Crippen molar-refractivity contribution in [3.8, 4) is 0 Å². The van der Waals surface area contributed by atoms with Gasteiger partial charge < -0.3 is 11.2 Å². The molecule has 1 heterocycles. The van der Waals surface area contributed by atoms with E-state index in [4.69, 9.17) is 5.84 Å². The predicted octanol–water partition coefficient (Wildman–Crippen LogP) is 4.39. The van der Waals surface area contributed by atoms with Crippen LogP contribution >= 0.6 is 11.8 Å². The molecule has 3 aromatic rings. The molecule has 0 unspecified atom stereocenters. The molecule has 0 radical (unpaired) electrons. The van der Waals surface area contributed by atoms with Gasteiger partial charge in [0.1, 0.15) is 0 Å². The van der Waals surface area contributed by atoms with Gasteiger partial charge in [-0.05, 0) is 23.8 Å². The number of nitrogen functional groups attached to an aromatic ring is 1. The zero-order valence-electron chi connectivity index (χ0n) is 16.5. The van der Waals surface area contributed by atoms with Crippen LogP contribution in [0.4, 0.5) is 5.69 Å². The third-order valence-corrected chi connectivity index (χ3v) is 6.58. The van der Waals surface area contributed by atoms with Crippen molar-refractivity contribution in [2.24, 2.45) is 5.92 Å². The number of hydrogen-bond donors (Lipinski definition) is 2. The van der Waals surface area contributed by atoms with E-state index in [1.165, 1.54) is 43.9 Å². The molecular formula is C22H27N5OS. The molecule has 1 aliphatic rings. The molecule has 2 aromatic carbocycles. The van der Waals surface area contributed by atoms with Gasteiger partial charge in [-0.25, -0.2) is 4.68 Å². The van der Waals surface area contributed by atoms with Gasteiger partial charge in [0.15, 0.2) is 5.82 Å². The van der Waals surface area contributed by atoms with Crippen LogP contribution in [0.5, 0.6) is 0 Å². The average molecular weight is 410 g/mol. The zero-order valence-corrected chi connectivity index (χ0v) is 17.3. The molecule has 0 spiro atoms. The van der Waals surface area contributed by atoms with Crippen LogP contribution in [0.25, 0.3) is 10.8 Å². The smallest absolute Gasteiger partial charge is 0.234 e. The Labute approximate surface area is 175 Å². The summed E-state index contributed by atoms with van der Waals surface area (Å²) in [6.45, 7) is 0. The molecule has 0 bridgehead atoms. The number of carbonyl (C=O) groups excluding carboxylic acids is 1. The van der Waals surface area contributed by atoms with E-state index in [-0.39, 0.29) is 11.7 Å². The highest BCUT2D eigenvalue weighted by Crippen LogP contribution is 2.28. The Balaban J connectivity index is 1.31. The van der Waals surface area contributed by atoms with E-state index in [1.807, 2.05) is 42.5 Å². The van der Waals surface area contributed by atoms with Crippen LogP contribution in [0.1, 0.15) is 44.3 Å². The van der Waals surface area contributed by atoms with Crippen LogP contribution in [0.15, 0.2) is 47.6 Å². The first-order chi connectivity index (χ1) is 14.2. The molecule has 1 amide bonds. The first-order valence-electron chi connectivity index (χ1n) is 10.3. The number of thioether (sulfide) groups is 1. The molecule has 7 heteroatoms. The lowest BCUT2D eigenvalue weighted by atomic mass is 9.86. The third kappa shape index (κ3) is 4.90. The molecule has 1 fully saturated rings. The van der Waals surface area contributed by atoms with Crippen LogP contribution in [-0.4, -0.2) is 26.5 Å². The van der Waals surface area contributed by atoms with Crippen molar-refractivity contribution in [1.82, 2.24) is 14.9 Å².